The lowest BCUT2D eigenvalue weighted by Crippen LogP contribution is -2.04. The van der Waals surface area contributed by atoms with Crippen molar-refractivity contribution < 1.29 is 14.6 Å². The summed E-state index contributed by atoms with van der Waals surface area (Å²) in [6.07, 6.45) is 0. The Labute approximate surface area is 88.7 Å². The Morgan fingerprint density at radius 2 is 2.27 bits per heavy atom. The van der Waals surface area contributed by atoms with Crippen molar-refractivity contribution in [3.05, 3.63) is 34.4 Å². The lowest BCUT2D eigenvalue weighted by atomic mass is 9.91. The number of carbonyl (C=O) groups is 1. The Balaban J connectivity index is 2.51. The maximum atomic E-state index is 11.3. The quantitative estimate of drug-likeness (QED) is 0.750. The fourth-order valence-electron chi connectivity index (χ4n) is 2.00. The first-order valence-corrected chi connectivity index (χ1v) is 5.05. The van der Waals surface area contributed by atoms with E-state index < -0.39 is 0 Å². The van der Waals surface area contributed by atoms with E-state index in [9.17, 15) is 4.79 Å². The average Bonchev–Trinajstić information content (AvgIpc) is 2.61. The number of aliphatic hydroxyl groups excluding tert-OH is 1. The molecule has 1 aromatic carbocycles. The molecule has 0 bridgehead atoms. The second-order valence-electron chi connectivity index (χ2n) is 3.97. The van der Waals surface area contributed by atoms with E-state index in [1.165, 1.54) is 0 Å². The van der Waals surface area contributed by atoms with Gasteiger partial charge in [-0.05, 0) is 24.1 Å². The molecule has 0 aliphatic carbocycles. The zero-order valence-corrected chi connectivity index (χ0v) is 8.91. The summed E-state index contributed by atoms with van der Waals surface area (Å²) in [5.41, 5.74) is 3.80. The summed E-state index contributed by atoms with van der Waals surface area (Å²) in [6, 6.07) is 3.70. The molecule has 1 aliphatic rings. The van der Waals surface area contributed by atoms with Crippen LogP contribution in [-0.2, 0) is 11.3 Å². The number of cyclic esters (lactones) is 1. The summed E-state index contributed by atoms with van der Waals surface area (Å²) >= 11 is 0. The normalized spacial score (nSPS) is 16.1. The molecule has 0 radical (unpaired) electrons. The molecule has 0 amide bonds. The van der Waals surface area contributed by atoms with Gasteiger partial charge in [0.1, 0.15) is 6.61 Å². The lowest BCUT2D eigenvalue weighted by Gasteiger charge is -2.13. The van der Waals surface area contributed by atoms with Gasteiger partial charge in [0.2, 0.25) is 0 Å². The summed E-state index contributed by atoms with van der Waals surface area (Å²) in [7, 11) is 0. The number of ether oxygens (including phenoxy) is 1. The van der Waals surface area contributed by atoms with Crippen molar-refractivity contribution >= 4 is 5.97 Å². The van der Waals surface area contributed by atoms with E-state index in [0.29, 0.717) is 12.2 Å². The van der Waals surface area contributed by atoms with Crippen molar-refractivity contribution in [3.63, 3.8) is 0 Å². The van der Waals surface area contributed by atoms with E-state index >= 15 is 0 Å². The number of esters is 1. The number of hydrogen-bond donors (Lipinski definition) is 1. The Bertz CT molecular complexity index is 410. The second-order valence-corrected chi connectivity index (χ2v) is 3.97. The van der Waals surface area contributed by atoms with Crippen LogP contribution in [0.4, 0.5) is 0 Å². The smallest absolute Gasteiger partial charge is 0.338 e. The first-order valence-electron chi connectivity index (χ1n) is 5.05. The molecule has 1 aromatic rings. The van der Waals surface area contributed by atoms with E-state index in [1.807, 2.05) is 19.9 Å². The van der Waals surface area contributed by atoms with Crippen LogP contribution < -0.4 is 0 Å². The third-order valence-electron chi connectivity index (χ3n) is 3.01. The van der Waals surface area contributed by atoms with E-state index in [2.05, 4.69) is 0 Å². The minimum atomic E-state index is -0.240. The van der Waals surface area contributed by atoms with Gasteiger partial charge in [-0.2, -0.15) is 0 Å². The highest BCUT2D eigenvalue weighted by atomic mass is 16.5. The Hall–Kier alpha value is -1.35. The molecule has 0 fully saturated rings. The number of hydrogen-bond acceptors (Lipinski definition) is 3. The van der Waals surface area contributed by atoms with Crippen LogP contribution in [0.15, 0.2) is 12.1 Å². The molecular weight excluding hydrogens is 192 g/mol. The topological polar surface area (TPSA) is 46.5 Å². The maximum Gasteiger partial charge on any atom is 0.338 e. The molecule has 80 valence electrons. The molecule has 1 aliphatic heterocycles. The second kappa shape index (κ2) is 3.66. The highest BCUT2D eigenvalue weighted by molar-refractivity contribution is 5.93. The third kappa shape index (κ3) is 1.53. The molecular formula is C12H14O3. The highest BCUT2D eigenvalue weighted by Gasteiger charge is 2.24. The molecule has 1 N–H and O–H groups in total. The molecule has 1 atom stereocenters. The lowest BCUT2D eigenvalue weighted by molar-refractivity contribution is 0.0535. The molecule has 3 nitrogen and oxygen atoms in total. The molecule has 1 heterocycles. The Morgan fingerprint density at radius 3 is 2.93 bits per heavy atom. The highest BCUT2D eigenvalue weighted by Crippen LogP contribution is 2.29. The number of rotatable bonds is 2. The minimum absolute atomic E-state index is 0.103. The number of benzene rings is 1. The maximum absolute atomic E-state index is 11.3. The summed E-state index contributed by atoms with van der Waals surface area (Å²) in [5.74, 6) is -0.137. The van der Waals surface area contributed by atoms with Crippen molar-refractivity contribution in [2.75, 3.05) is 6.61 Å². The van der Waals surface area contributed by atoms with Gasteiger partial charge in [0.15, 0.2) is 0 Å². The number of aliphatic hydroxyl groups is 1. The molecule has 0 aromatic heterocycles. The van der Waals surface area contributed by atoms with E-state index in [4.69, 9.17) is 9.84 Å². The number of fused-ring (bicyclic) bond motifs is 1. The van der Waals surface area contributed by atoms with Crippen LogP contribution in [0, 0.1) is 6.92 Å². The molecule has 0 saturated carbocycles. The largest absolute Gasteiger partial charge is 0.457 e. The molecule has 2 rings (SSSR count). The van der Waals surface area contributed by atoms with Crippen LogP contribution in [0.1, 0.15) is 39.9 Å². The predicted molar refractivity (Wildman–Crippen MR) is 55.8 cm³/mol. The van der Waals surface area contributed by atoms with Crippen LogP contribution in [0.3, 0.4) is 0 Å². The zero-order valence-electron chi connectivity index (χ0n) is 8.91. The van der Waals surface area contributed by atoms with Gasteiger partial charge in [-0.25, -0.2) is 4.79 Å². The van der Waals surface area contributed by atoms with Crippen molar-refractivity contribution in [3.8, 4) is 0 Å². The van der Waals surface area contributed by atoms with Gasteiger partial charge in [0, 0.05) is 18.1 Å². The van der Waals surface area contributed by atoms with Gasteiger partial charge in [-0.3, -0.25) is 0 Å². The summed E-state index contributed by atoms with van der Waals surface area (Å²) in [6.45, 7) is 4.43. The molecule has 0 saturated heterocycles. The minimum Gasteiger partial charge on any atom is -0.457 e. The Kier molecular flexibility index (Phi) is 2.49. The van der Waals surface area contributed by atoms with Crippen LogP contribution in [0.5, 0.6) is 0 Å². The average molecular weight is 206 g/mol. The summed E-state index contributed by atoms with van der Waals surface area (Å²) in [4.78, 5) is 11.3. The molecule has 0 unspecified atom stereocenters. The van der Waals surface area contributed by atoms with Crippen LogP contribution in [0.25, 0.3) is 0 Å². The van der Waals surface area contributed by atoms with Gasteiger partial charge in [-0.15, -0.1) is 0 Å². The fraction of sp³-hybridized carbons (Fsp3) is 0.417. The van der Waals surface area contributed by atoms with Gasteiger partial charge in [0.05, 0.1) is 5.56 Å². The van der Waals surface area contributed by atoms with Crippen molar-refractivity contribution in [1.82, 2.24) is 0 Å². The first kappa shape index (κ1) is 10.2. The summed E-state index contributed by atoms with van der Waals surface area (Å²) in [5, 5.41) is 9.11. The van der Waals surface area contributed by atoms with Gasteiger partial charge < -0.3 is 9.84 Å². The summed E-state index contributed by atoms with van der Waals surface area (Å²) < 4.78 is 4.97. The first-order chi connectivity index (χ1) is 7.15. The van der Waals surface area contributed by atoms with Crippen LogP contribution in [-0.4, -0.2) is 17.7 Å². The van der Waals surface area contributed by atoms with Gasteiger partial charge in [-0.1, -0.05) is 13.0 Å². The van der Waals surface area contributed by atoms with Gasteiger partial charge in [0.25, 0.3) is 0 Å². The van der Waals surface area contributed by atoms with E-state index in [-0.39, 0.29) is 18.5 Å². The van der Waals surface area contributed by atoms with E-state index in [0.717, 1.165) is 16.7 Å². The van der Waals surface area contributed by atoms with Crippen LogP contribution >= 0.6 is 0 Å². The van der Waals surface area contributed by atoms with Crippen molar-refractivity contribution in [2.45, 2.75) is 26.4 Å². The molecule has 3 heteroatoms. The molecule has 0 spiro atoms. The fourth-order valence-corrected chi connectivity index (χ4v) is 2.00. The monoisotopic (exact) mass is 206 g/mol. The standard InChI is InChI=1S/C12H14O3/c1-7(5-13)9-3-4-10-11(8(9)2)6-15-12(10)14/h3-4,7,13H,5-6H2,1-2H3/t7-/m0/s1. The zero-order chi connectivity index (χ0) is 11.0. The van der Waals surface area contributed by atoms with Crippen molar-refractivity contribution in [2.24, 2.45) is 0 Å². The number of carbonyl (C=O) groups excluding carboxylic acids is 1. The van der Waals surface area contributed by atoms with Crippen molar-refractivity contribution in [1.29, 1.82) is 0 Å². The SMILES string of the molecule is Cc1c([C@@H](C)CO)ccc2c1COC2=O. The third-order valence-corrected chi connectivity index (χ3v) is 3.01. The Morgan fingerprint density at radius 1 is 1.53 bits per heavy atom. The van der Waals surface area contributed by atoms with E-state index in [1.54, 1.807) is 6.07 Å². The molecule has 15 heavy (non-hydrogen) atoms. The van der Waals surface area contributed by atoms with Gasteiger partial charge >= 0.3 is 5.97 Å². The van der Waals surface area contributed by atoms with Crippen LogP contribution in [0.2, 0.25) is 0 Å². The predicted octanol–water partition coefficient (Wildman–Crippen LogP) is 1.76.